The van der Waals surface area contributed by atoms with Crippen LogP contribution in [0.25, 0.3) is 0 Å². The van der Waals surface area contributed by atoms with Gasteiger partial charge in [-0.15, -0.1) is 0 Å². The van der Waals surface area contributed by atoms with Gasteiger partial charge < -0.3 is 15.5 Å². The van der Waals surface area contributed by atoms with E-state index in [1.807, 2.05) is 0 Å². The molecule has 0 bridgehead atoms. The molecule has 118 valence electrons. The Morgan fingerprint density at radius 2 is 2.10 bits per heavy atom. The molecule has 0 saturated heterocycles. The molecule has 2 unspecified atom stereocenters. The fourth-order valence-corrected chi connectivity index (χ4v) is 3.15. The third kappa shape index (κ3) is 5.41. The zero-order valence-corrected chi connectivity index (χ0v) is 14.0. The number of hydrogen-bond donors (Lipinski definition) is 2. The first-order chi connectivity index (χ1) is 9.35. The Morgan fingerprint density at radius 3 is 2.65 bits per heavy atom. The molecule has 4 heteroatoms. The van der Waals surface area contributed by atoms with Crippen molar-refractivity contribution in [2.45, 2.75) is 52.0 Å². The molecule has 1 saturated carbocycles. The monoisotopic (exact) mass is 283 g/mol. The second-order valence-electron chi connectivity index (χ2n) is 7.12. The van der Waals surface area contributed by atoms with Gasteiger partial charge in [0, 0.05) is 18.6 Å². The Kier molecular flexibility index (Phi) is 6.96. The highest BCUT2D eigenvalue weighted by Crippen LogP contribution is 2.35. The Bertz CT molecular complexity index is 304. The van der Waals surface area contributed by atoms with Crippen LogP contribution in [0, 0.1) is 11.8 Å². The summed E-state index contributed by atoms with van der Waals surface area (Å²) in [5.41, 5.74) is 0.218. The quantitative estimate of drug-likeness (QED) is 0.749. The number of carbonyl (C=O) groups excluding carboxylic acids is 1. The minimum atomic E-state index is 0.108. The van der Waals surface area contributed by atoms with Crippen molar-refractivity contribution in [2.24, 2.45) is 11.8 Å². The van der Waals surface area contributed by atoms with Crippen molar-refractivity contribution in [1.29, 1.82) is 0 Å². The predicted octanol–water partition coefficient (Wildman–Crippen LogP) is 1.86. The minimum Gasteiger partial charge on any atom is -0.355 e. The van der Waals surface area contributed by atoms with Crippen LogP contribution in [0.3, 0.4) is 0 Å². The standard InChI is InChI=1S/C16H33N3O/c1-13(2)10-18-15(20)11-17-12-16(19(4)5)8-6-7-14(3)9-16/h13-14,17H,6-12H2,1-5H3,(H,18,20). The van der Waals surface area contributed by atoms with E-state index >= 15 is 0 Å². The van der Waals surface area contributed by atoms with E-state index in [-0.39, 0.29) is 11.4 Å². The van der Waals surface area contributed by atoms with Crippen LogP contribution < -0.4 is 10.6 Å². The molecular weight excluding hydrogens is 250 g/mol. The third-order valence-electron chi connectivity index (χ3n) is 4.46. The molecule has 0 aliphatic heterocycles. The van der Waals surface area contributed by atoms with E-state index in [0.717, 1.165) is 19.0 Å². The van der Waals surface area contributed by atoms with Crippen molar-refractivity contribution < 1.29 is 4.79 Å². The van der Waals surface area contributed by atoms with E-state index in [0.29, 0.717) is 12.5 Å². The number of likely N-dealkylation sites (N-methyl/N-ethyl adjacent to an activating group) is 1. The lowest BCUT2D eigenvalue weighted by Crippen LogP contribution is -2.55. The van der Waals surface area contributed by atoms with Gasteiger partial charge >= 0.3 is 0 Å². The van der Waals surface area contributed by atoms with Gasteiger partial charge in [0.15, 0.2) is 0 Å². The summed E-state index contributed by atoms with van der Waals surface area (Å²) in [5.74, 6) is 1.39. The van der Waals surface area contributed by atoms with Crippen LogP contribution in [0.1, 0.15) is 46.5 Å². The average molecular weight is 283 g/mol. The predicted molar refractivity (Wildman–Crippen MR) is 84.8 cm³/mol. The van der Waals surface area contributed by atoms with Gasteiger partial charge in [-0.25, -0.2) is 0 Å². The SMILES string of the molecule is CC(C)CNC(=O)CNCC1(N(C)C)CCCC(C)C1. The van der Waals surface area contributed by atoms with E-state index < -0.39 is 0 Å². The van der Waals surface area contributed by atoms with E-state index in [9.17, 15) is 4.79 Å². The summed E-state index contributed by atoms with van der Waals surface area (Å²) in [5, 5.41) is 6.32. The molecule has 2 N–H and O–H groups in total. The summed E-state index contributed by atoms with van der Waals surface area (Å²) in [6.45, 7) is 8.65. The van der Waals surface area contributed by atoms with Gasteiger partial charge in [-0.05, 0) is 38.8 Å². The van der Waals surface area contributed by atoms with Gasteiger partial charge in [0.05, 0.1) is 6.54 Å². The Hall–Kier alpha value is -0.610. The first-order valence-electron chi connectivity index (χ1n) is 8.00. The highest BCUT2D eigenvalue weighted by atomic mass is 16.1. The van der Waals surface area contributed by atoms with Gasteiger partial charge in [0.25, 0.3) is 0 Å². The van der Waals surface area contributed by atoms with Crippen LogP contribution in [0.2, 0.25) is 0 Å². The number of carbonyl (C=O) groups is 1. The molecule has 0 aromatic rings. The van der Waals surface area contributed by atoms with Gasteiger partial charge in [-0.2, -0.15) is 0 Å². The normalized spacial score (nSPS) is 27.1. The maximum absolute atomic E-state index is 11.7. The van der Waals surface area contributed by atoms with Crippen molar-refractivity contribution >= 4 is 5.91 Å². The van der Waals surface area contributed by atoms with E-state index in [1.165, 1.54) is 25.7 Å². The number of amides is 1. The molecule has 1 aliphatic rings. The fourth-order valence-electron chi connectivity index (χ4n) is 3.15. The highest BCUT2D eigenvalue weighted by Gasteiger charge is 2.36. The second kappa shape index (κ2) is 7.99. The van der Waals surface area contributed by atoms with Crippen LogP contribution in [0.5, 0.6) is 0 Å². The van der Waals surface area contributed by atoms with Crippen molar-refractivity contribution in [2.75, 3.05) is 33.7 Å². The van der Waals surface area contributed by atoms with Crippen LogP contribution in [-0.4, -0.2) is 50.1 Å². The number of nitrogens with one attached hydrogen (secondary N) is 2. The van der Waals surface area contributed by atoms with E-state index in [4.69, 9.17) is 0 Å². The lowest BCUT2D eigenvalue weighted by molar-refractivity contribution is -0.120. The van der Waals surface area contributed by atoms with Crippen molar-refractivity contribution in [1.82, 2.24) is 15.5 Å². The molecule has 0 aromatic heterocycles. The Labute approximate surface area is 124 Å². The van der Waals surface area contributed by atoms with Crippen LogP contribution in [0.15, 0.2) is 0 Å². The van der Waals surface area contributed by atoms with Crippen molar-refractivity contribution in [3.8, 4) is 0 Å². The third-order valence-corrected chi connectivity index (χ3v) is 4.46. The first-order valence-corrected chi connectivity index (χ1v) is 8.00. The minimum absolute atomic E-state index is 0.108. The summed E-state index contributed by atoms with van der Waals surface area (Å²) >= 11 is 0. The number of nitrogens with zero attached hydrogens (tertiary/aromatic N) is 1. The van der Waals surface area contributed by atoms with Gasteiger partial charge in [0.2, 0.25) is 5.91 Å². The summed E-state index contributed by atoms with van der Waals surface area (Å²) in [6, 6.07) is 0. The van der Waals surface area contributed by atoms with E-state index in [1.54, 1.807) is 0 Å². The molecule has 1 rings (SSSR count). The smallest absolute Gasteiger partial charge is 0.233 e. The molecule has 1 aliphatic carbocycles. The first kappa shape index (κ1) is 17.4. The summed E-state index contributed by atoms with van der Waals surface area (Å²) in [7, 11) is 4.33. The van der Waals surface area contributed by atoms with Crippen LogP contribution >= 0.6 is 0 Å². The van der Waals surface area contributed by atoms with Gasteiger partial charge in [-0.3, -0.25) is 4.79 Å². The molecule has 0 radical (unpaired) electrons. The van der Waals surface area contributed by atoms with Crippen molar-refractivity contribution in [3.63, 3.8) is 0 Å². The molecular formula is C16H33N3O. The zero-order valence-electron chi connectivity index (χ0n) is 14.0. The summed E-state index contributed by atoms with van der Waals surface area (Å²) < 4.78 is 0. The molecule has 1 amide bonds. The number of hydrogen-bond acceptors (Lipinski definition) is 3. The van der Waals surface area contributed by atoms with Gasteiger partial charge in [-0.1, -0.05) is 33.6 Å². The largest absolute Gasteiger partial charge is 0.355 e. The summed E-state index contributed by atoms with van der Waals surface area (Å²) in [6.07, 6.45) is 5.08. The molecule has 0 heterocycles. The maximum atomic E-state index is 11.7. The second-order valence-corrected chi connectivity index (χ2v) is 7.12. The van der Waals surface area contributed by atoms with Crippen LogP contribution in [-0.2, 0) is 4.79 Å². The van der Waals surface area contributed by atoms with E-state index in [2.05, 4.69) is 50.4 Å². The average Bonchev–Trinajstić information content (AvgIpc) is 2.36. The van der Waals surface area contributed by atoms with Crippen molar-refractivity contribution in [3.05, 3.63) is 0 Å². The molecule has 20 heavy (non-hydrogen) atoms. The lowest BCUT2D eigenvalue weighted by atomic mass is 9.75. The molecule has 0 spiro atoms. The Balaban J connectivity index is 2.38. The molecule has 1 fully saturated rings. The lowest BCUT2D eigenvalue weighted by Gasteiger charge is -2.45. The molecule has 0 aromatic carbocycles. The highest BCUT2D eigenvalue weighted by molar-refractivity contribution is 5.77. The topological polar surface area (TPSA) is 44.4 Å². The summed E-state index contributed by atoms with van der Waals surface area (Å²) in [4.78, 5) is 14.1. The Morgan fingerprint density at radius 1 is 1.40 bits per heavy atom. The molecule has 2 atom stereocenters. The fraction of sp³-hybridized carbons (Fsp3) is 0.938. The van der Waals surface area contributed by atoms with Crippen LogP contribution in [0.4, 0.5) is 0 Å². The number of rotatable bonds is 7. The maximum Gasteiger partial charge on any atom is 0.233 e. The zero-order chi connectivity index (χ0) is 15.2. The molecule has 4 nitrogen and oxygen atoms in total. The van der Waals surface area contributed by atoms with Gasteiger partial charge in [0.1, 0.15) is 0 Å².